The highest BCUT2D eigenvalue weighted by Crippen LogP contribution is 2.38. The zero-order chi connectivity index (χ0) is 18.8. The average molecular weight is 362 g/mol. The molecule has 4 rings (SSSR count). The number of hydrogen-bond acceptors (Lipinski definition) is 5. The summed E-state index contributed by atoms with van der Waals surface area (Å²) >= 11 is 0. The van der Waals surface area contributed by atoms with Gasteiger partial charge in [-0.25, -0.2) is 0 Å². The first-order valence-corrected chi connectivity index (χ1v) is 8.66. The van der Waals surface area contributed by atoms with E-state index in [4.69, 9.17) is 0 Å². The highest BCUT2D eigenvalue weighted by Gasteiger charge is 2.39. The van der Waals surface area contributed by atoms with Gasteiger partial charge in [0.15, 0.2) is 5.82 Å². The molecule has 1 aliphatic carbocycles. The van der Waals surface area contributed by atoms with Gasteiger partial charge in [0.1, 0.15) is 5.69 Å². The summed E-state index contributed by atoms with van der Waals surface area (Å²) < 4.78 is 0. The maximum Gasteiger partial charge on any atom is 0.258 e. The van der Waals surface area contributed by atoms with Gasteiger partial charge in [-0.15, -0.1) is 5.10 Å². The van der Waals surface area contributed by atoms with E-state index in [1.165, 1.54) is 0 Å². The number of benzene rings is 1. The van der Waals surface area contributed by atoms with Crippen molar-refractivity contribution in [2.75, 3.05) is 10.6 Å². The molecular formula is C19H18N6O2. The van der Waals surface area contributed by atoms with Gasteiger partial charge < -0.3 is 5.32 Å². The van der Waals surface area contributed by atoms with Crippen molar-refractivity contribution in [3.05, 3.63) is 54.2 Å². The minimum absolute atomic E-state index is 0.00553. The van der Waals surface area contributed by atoms with Crippen LogP contribution < -0.4 is 10.6 Å². The molecule has 0 spiro atoms. The number of carbonyl (C=O) groups excluding carboxylic acids is 2. The first kappa shape index (κ1) is 16.9. The van der Waals surface area contributed by atoms with Crippen molar-refractivity contribution in [2.45, 2.75) is 13.3 Å². The van der Waals surface area contributed by atoms with Crippen molar-refractivity contribution >= 4 is 23.5 Å². The van der Waals surface area contributed by atoms with Crippen LogP contribution in [0.1, 0.15) is 23.7 Å². The van der Waals surface area contributed by atoms with Gasteiger partial charge in [0, 0.05) is 23.4 Å². The van der Waals surface area contributed by atoms with E-state index in [2.05, 4.69) is 30.8 Å². The van der Waals surface area contributed by atoms with Crippen LogP contribution in [-0.4, -0.2) is 32.0 Å². The molecule has 0 radical (unpaired) electrons. The summed E-state index contributed by atoms with van der Waals surface area (Å²) in [5.74, 6) is 0.745. The maximum absolute atomic E-state index is 12.5. The summed E-state index contributed by atoms with van der Waals surface area (Å²) in [4.78, 5) is 32.9. The van der Waals surface area contributed by atoms with E-state index >= 15 is 0 Å². The molecule has 3 N–H and O–H groups in total. The Morgan fingerprint density at radius 2 is 2.00 bits per heavy atom. The summed E-state index contributed by atoms with van der Waals surface area (Å²) in [6, 6.07) is 12.2. The van der Waals surface area contributed by atoms with Gasteiger partial charge in [-0.05, 0) is 42.7 Å². The molecule has 0 aliphatic heterocycles. The van der Waals surface area contributed by atoms with E-state index in [0.717, 1.165) is 6.42 Å². The van der Waals surface area contributed by atoms with Gasteiger partial charge in [0.05, 0.1) is 0 Å². The Hall–Kier alpha value is -3.55. The first-order valence-electron chi connectivity index (χ1n) is 8.66. The number of nitrogens with zero attached hydrogens (tertiary/aromatic N) is 3. The van der Waals surface area contributed by atoms with Gasteiger partial charge in [-0.1, -0.05) is 19.1 Å². The Bertz CT molecular complexity index is 985. The molecular weight excluding hydrogens is 344 g/mol. The number of aromatic amines is 1. The normalized spacial score (nSPS) is 18.0. The minimum atomic E-state index is -0.363. The van der Waals surface area contributed by atoms with Crippen molar-refractivity contribution in [3.63, 3.8) is 0 Å². The Morgan fingerprint density at radius 3 is 2.74 bits per heavy atom. The van der Waals surface area contributed by atoms with Crippen molar-refractivity contribution in [2.24, 2.45) is 11.8 Å². The summed E-state index contributed by atoms with van der Waals surface area (Å²) in [6.45, 7) is 2.05. The highest BCUT2D eigenvalue weighted by atomic mass is 16.2. The van der Waals surface area contributed by atoms with E-state index in [-0.39, 0.29) is 23.7 Å². The second-order valence-corrected chi connectivity index (χ2v) is 6.57. The van der Waals surface area contributed by atoms with Crippen LogP contribution >= 0.6 is 0 Å². The fourth-order valence-electron chi connectivity index (χ4n) is 2.77. The minimum Gasteiger partial charge on any atom is -0.326 e. The van der Waals surface area contributed by atoms with Crippen molar-refractivity contribution in [1.29, 1.82) is 0 Å². The predicted octanol–water partition coefficient (Wildman–Crippen LogP) is 2.71. The predicted molar refractivity (Wildman–Crippen MR) is 99.9 cm³/mol. The van der Waals surface area contributed by atoms with Gasteiger partial charge >= 0.3 is 0 Å². The molecule has 2 aromatic heterocycles. The standard InChI is InChI=1S/C19H18N6O2/c1-11-9-14(11)18(27)21-13-6-4-5-12(10-13)17(26)23-19-22-16(24-25-19)15-7-2-3-8-20-15/h2-8,10-11,14H,9H2,1H3,(H,21,27)(H2,22,23,24,25,26). The van der Waals surface area contributed by atoms with Gasteiger partial charge in [0.25, 0.3) is 5.91 Å². The second-order valence-electron chi connectivity index (χ2n) is 6.57. The topological polar surface area (TPSA) is 113 Å². The average Bonchev–Trinajstić information content (AvgIpc) is 3.24. The van der Waals surface area contributed by atoms with Crippen molar-refractivity contribution in [1.82, 2.24) is 20.2 Å². The molecule has 136 valence electrons. The third-order valence-electron chi connectivity index (χ3n) is 4.46. The van der Waals surface area contributed by atoms with E-state index in [9.17, 15) is 9.59 Å². The third-order valence-corrected chi connectivity index (χ3v) is 4.46. The van der Waals surface area contributed by atoms with Gasteiger partial charge in [0.2, 0.25) is 11.9 Å². The highest BCUT2D eigenvalue weighted by molar-refractivity contribution is 6.04. The van der Waals surface area contributed by atoms with Crippen LogP contribution in [0.25, 0.3) is 11.5 Å². The maximum atomic E-state index is 12.5. The molecule has 0 saturated heterocycles. The zero-order valence-corrected chi connectivity index (χ0v) is 14.6. The number of nitrogens with one attached hydrogen (secondary N) is 3. The van der Waals surface area contributed by atoms with Crippen molar-refractivity contribution in [3.8, 4) is 11.5 Å². The molecule has 27 heavy (non-hydrogen) atoms. The molecule has 2 heterocycles. The Morgan fingerprint density at radius 1 is 1.15 bits per heavy atom. The number of carbonyl (C=O) groups is 2. The van der Waals surface area contributed by atoms with E-state index in [0.29, 0.717) is 28.7 Å². The smallest absolute Gasteiger partial charge is 0.258 e. The van der Waals surface area contributed by atoms with Crippen LogP contribution in [0.2, 0.25) is 0 Å². The van der Waals surface area contributed by atoms with Crippen LogP contribution in [0.4, 0.5) is 11.6 Å². The molecule has 1 fully saturated rings. The Balaban J connectivity index is 1.43. The molecule has 2 amide bonds. The number of anilines is 2. The third kappa shape index (κ3) is 3.84. The van der Waals surface area contributed by atoms with Crippen LogP contribution in [0.15, 0.2) is 48.7 Å². The zero-order valence-electron chi connectivity index (χ0n) is 14.6. The Labute approximate surface area is 155 Å². The number of amides is 2. The van der Waals surface area contributed by atoms with Crippen LogP contribution in [-0.2, 0) is 4.79 Å². The van der Waals surface area contributed by atoms with Crippen LogP contribution in [0.3, 0.4) is 0 Å². The number of pyridine rings is 1. The second kappa shape index (κ2) is 6.99. The molecule has 0 bridgehead atoms. The molecule has 2 atom stereocenters. The number of hydrogen-bond donors (Lipinski definition) is 3. The van der Waals surface area contributed by atoms with E-state index < -0.39 is 0 Å². The van der Waals surface area contributed by atoms with Gasteiger partial charge in [-0.3, -0.25) is 25.0 Å². The lowest BCUT2D eigenvalue weighted by Gasteiger charge is -2.07. The SMILES string of the molecule is CC1CC1C(=O)Nc1cccc(C(=O)Nc2n[nH]c(-c3ccccn3)n2)c1. The monoisotopic (exact) mass is 362 g/mol. The molecule has 8 heteroatoms. The molecule has 8 nitrogen and oxygen atoms in total. The summed E-state index contributed by atoms with van der Waals surface area (Å²) in [5.41, 5.74) is 1.63. The summed E-state index contributed by atoms with van der Waals surface area (Å²) in [5, 5.41) is 12.2. The molecule has 3 aromatic rings. The summed E-state index contributed by atoms with van der Waals surface area (Å²) in [7, 11) is 0. The van der Waals surface area contributed by atoms with Crippen LogP contribution in [0, 0.1) is 11.8 Å². The molecule has 1 aromatic carbocycles. The van der Waals surface area contributed by atoms with Crippen molar-refractivity contribution < 1.29 is 9.59 Å². The lowest BCUT2D eigenvalue weighted by atomic mass is 10.2. The van der Waals surface area contributed by atoms with E-state index in [1.807, 2.05) is 13.0 Å². The van der Waals surface area contributed by atoms with Crippen LogP contribution in [0.5, 0.6) is 0 Å². The fraction of sp³-hybridized carbons (Fsp3) is 0.211. The van der Waals surface area contributed by atoms with Gasteiger partial charge in [-0.2, -0.15) is 4.98 Å². The summed E-state index contributed by atoms with van der Waals surface area (Å²) in [6.07, 6.45) is 2.56. The van der Waals surface area contributed by atoms with E-state index in [1.54, 1.807) is 42.6 Å². The fourth-order valence-corrected chi connectivity index (χ4v) is 2.77. The molecule has 1 saturated carbocycles. The quantitative estimate of drug-likeness (QED) is 0.646. The Kier molecular flexibility index (Phi) is 4.37. The number of H-pyrrole nitrogens is 1. The lowest BCUT2D eigenvalue weighted by Crippen LogP contribution is -2.16. The molecule has 1 aliphatic rings. The first-order chi connectivity index (χ1) is 13.1. The lowest BCUT2D eigenvalue weighted by molar-refractivity contribution is -0.117. The number of rotatable bonds is 5. The molecule has 2 unspecified atom stereocenters. The number of aromatic nitrogens is 4. The largest absolute Gasteiger partial charge is 0.326 e.